The fraction of sp³-hybridized carbons (Fsp3) is 0.136. The van der Waals surface area contributed by atoms with Gasteiger partial charge in [-0.3, -0.25) is 4.79 Å². The van der Waals surface area contributed by atoms with Crippen LogP contribution in [0, 0.1) is 0 Å². The summed E-state index contributed by atoms with van der Waals surface area (Å²) in [6, 6.07) is 16.4. The summed E-state index contributed by atoms with van der Waals surface area (Å²) in [5.41, 5.74) is 4.07. The number of hydrogen-bond acceptors (Lipinski definition) is 4. The highest BCUT2D eigenvalue weighted by atomic mass is 35.5. The number of oxazole rings is 1. The normalized spacial score (nSPS) is 11.1. The van der Waals surface area contributed by atoms with Gasteiger partial charge in [0.25, 0.3) is 5.91 Å². The van der Waals surface area contributed by atoms with Gasteiger partial charge in [0, 0.05) is 17.3 Å². The van der Waals surface area contributed by atoms with E-state index in [0.717, 1.165) is 0 Å². The van der Waals surface area contributed by atoms with Crippen molar-refractivity contribution in [3.63, 3.8) is 0 Å². The first-order valence-electron chi connectivity index (χ1n) is 8.94. The number of pyridine rings is 1. The van der Waals surface area contributed by atoms with Crippen molar-refractivity contribution >= 4 is 34.4 Å². The van der Waals surface area contributed by atoms with Crippen LogP contribution < -0.4 is 5.32 Å². The number of carbonyl (C=O) groups excluding carboxylic acids is 1. The highest BCUT2D eigenvalue weighted by Gasteiger charge is 2.13. The van der Waals surface area contributed by atoms with E-state index in [0.29, 0.717) is 44.9 Å². The number of amides is 1. The third-order valence-corrected chi connectivity index (χ3v) is 4.80. The maximum absolute atomic E-state index is 12.6. The average Bonchev–Trinajstić information content (AvgIpc) is 3.14. The van der Waals surface area contributed by atoms with E-state index >= 15 is 0 Å². The van der Waals surface area contributed by atoms with Gasteiger partial charge in [-0.15, -0.1) is 0 Å². The first-order chi connectivity index (χ1) is 13.5. The maximum Gasteiger partial charge on any atom is 0.255 e. The molecule has 1 N–H and O–H groups in total. The summed E-state index contributed by atoms with van der Waals surface area (Å²) in [5.74, 6) is 0.602. The van der Waals surface area contributed by atoms with Crippen LogP contribution in [0.3, 0.4) is 0 Å². The molecule has 0 radical (unpaired) electrons. The molecule has 4 aromatic rings. The highest BCUT2D eigenvalue weighted by Crippen LogP contribution is 2.30. The van der Waals surface area contributed by atoms with Gasteiger partial charge in [0.1, 0.15) is 0 Å². The van der Waals surface area contributed by atoms with Crippen molar-refractivity contribution in [2.24, 2.45) is 0 Å². The zero-order valence-corrected chi connectivity index (χ0v) is 16.2. The molecule has 0 aliphatic rings. The Balaban J connectivity index is 1.61. The Kier molecular flexibility index (Phi) is 4.84. The van der Waals surface area contributed by atoms with Crippen molar-refractivity contribution in [2.45, 2.75) is 19.8 Å². The zero-order valence-electron chi connectivity index (χ0n) is 15.4. The molecule has 6 heteroatoms. The maximum atomic E-state index is 12.6. The summed E-state index contributed by atoms with van der Waals surface area (Å²) in [4.78, 5) is 21.2. The topological polar surface area (TPSA) is 68.0 Å². The Hall–Kier alpha value is -3.18. The van der Waals surface area contributed by atoms with Gasteiger partial charge in [-0.05, 0) is 53.9 Å². The van der Waals surface area contributed by atoms with Gasteiger partial charge >= 0.3 is 0 Å². The lowest BCUT2D eigenvalue weighted by atomic mass is 10.0. The molecular weight excluding hydrogens is 374 g/mol. The largest absolute Gasteiger partial charge is 0.434 e. The van der Waals surface area contributed by atoms with Gasteiger partial charge in [0.2, 0.25) is 5.89 Å². The SMILES string of the molecule is CC(C)c1ccc(C(=O)Nc2cc(-c3nc4ncccc4o3)ccc2Cl)cc1. The average molecular weight is 392 g/mol. The molecule has 0 spiro atoms. The number of aromatic nitrogens is 2. The number of benzene rings is 2. The number of hydrogen-bond donors (Lipinski definition) is 1. The Morgan fingerprint density at radius 3 is 2.61 bits per heavy atom. The first-order valence-corrected chi connectivity index (χ1v) is 9.32. The molecule has 2 aromatic carbocycles. The molecule has 0 unspecified atom stereocenters. The number of halogens is 1. The monoisotopic (exact) mass is 391 g/mol. The van der Waals surface area contributed by atoms with Crippen molar-refractivity contribution in [3.8, 4) is 11.5 Å². The van der Waals surface area contributed by atoms with E-state index in [4.69, 9.17) is 16.0 Å². The number of anilines is 1. The van der Waals surface area contributed by atoms with E-state index < -0.39 is 0 Å². The smallest absolute Gasteiger partial charge is 0.255 e. The van der Waals surface area contributed by atoms with E-state index in [1.807, 2.05) is 24.3 Å². The number of rotatable bonds is 4. The summed E-state index contributed by atoms with van der Waals surface area (Å²) >= 11 is 6.28. The van der Waals surface area contributed by atoms with Gasteiger partial charge in [0.05, 0.1) is 10.7 Å². The van der Waals surface area contributed by atoms with Crippen LogP contribution in [-0.4, -0.2) is 15.9 Å². The molecule has 1 amide bonds. The second-order valence-electron chi connectivity index (χ2n) is 6.77. The van der Waals surface area contributed by atoms with Crippen LogP contribution >= 0.6 is 11.6 Å². The molecule has 4 rings (SSSR count). The quantitative estimate of drug-likeness (QED) is 0.469. The van der Waals surface area contributed by atoms with Gasteiger partial charge in [0.15, 0.2) is 11.2 Å². The van der Waals surface area contributed by atoms with E-state index in [1.54, 1.807) is 36.5 Å². The predicted molar refractivity (Wildman–Crippen MR) is 111 cm³/mol. The molecule has 2 heterocycles. The third kappa shape index (κ3) is 3.62. The van der Waals surface area contributed by atoms with Crippen molar-refractivity contribution in [2.75, 3.05) is 5.32 Å². The minimum absolute atomic E-state index is 0.228. The molecule has 0 aliphatic heterocycles. The molecule has 0 saturated heterocycles. The number of carbonyl (C=O) groups is 1. The standard InChI is InChI=1S/C22H18ClN3O2/c1-13(2)14-5-7-15(8-6-14)21(27)25-18-12-16(9-10-17(18)23)22-26-20-19(28-22)4-3-11-24-20/h3-13H,1-2H3,(H,25,27). The summed E-state index contributed by atoms with van der Waals surface area (Å²) in [6.45, 7) is 4.23. The molecule has 2 aromatic heterocycles. The summed E-state index contributed by atoms with van der Waals surface area (Å²) < 4.78 is 5.74. The summed E-state index contributed by atoms with van der Waals surface area (Å²) in [5, 5.41) is 3.30. The van der Waals surface area contributed by atoms with Crippen LogP contribution in [0.5, 0.6) is 0 Å². The number of nitrogens with zero attached hydrogens (tertiary/aromatic N) is 2. The molecule has 140 valence electrons. The molecule has 0 fully saturated rings. The fourth-order valence-corrected chi connectivity index (χ4v) is 3.03. The second kappa shape index (κ2) is 7.44. The summed E-state index contributed by atoms with van der Waals surface area (Å²) in [6.07, 6.45) is 1.66. The van der Waals surface area contributed by atoms with Crippen LogP contribution in [0.25, 0.3) is 22.7 Å². The summed E-state index contributed by atoms with van der Waals surface area (Å²) in [7, 11) is 0. The predicted octanol–water partition coefficient (Wildman–Crippen LogP) is 5.92. The van der Waals surface area contributed by atoms with Crippen LogP contribution in [-0.2, 0) is 0 Å². The van der Waals surface area contributed by atoms with E-state index in [2.05, 4.69) is 29.1 Å². The van der Waals surface area contributed by atoms with Crippen LogP contribution in [0.4, 0.5) is 5.69 Å². The Bertz CT molecular complexity index is 1120. The number of nitrogens with one attached hydrogen (secondary N) is 1. The van der Waals surface area contributed by atoms with Crippen molar-refractivity contribution < 1.29 is 9.21 Å². The van der Waals surface area contributed by atoms with Crippen LogP contribution in [0.1, 0.15) is 35.7 Å². The lowest BCUT2D eigenvalue weighted by Gasteiger charge is -2.10. The number of fused-ring (bicyclic) bond motifs is 1. The molecule has 5 nitrogen and oxygen atoms in total. The second-order valence-corrected chi connectivity index (χ2v) is 7.18. The van der Waals surface area contributed by atoms with Crippen molar-refractivity contribution in [1.29, 1.82) is 0 Å². The van der Waals surface area contributed by atoms with Gasteiger partial charge in [-0.2, -0.15) is 4.98 Å². The fourth-order valence-electron chi connectivity index (χ4n) is 2.86. The zero-order chi connectivity index (χ0) is 19.7. The Labute approximate surface area is 167 Å². The Morgan fingerprint density at radius 2 is 1.89 bits per heavy atom. The first kappa shape index (κ1) is 18.2. The highest BCUT2D eigenvalue weighted by molar-refractivity contribution is 6.34. The van der Waals surface area contributed by atoms with E-state index in [-0.39, 0.29) is 5.91 Å². The van der Waals surface area contributed by atoms with E-state index in [1.165, 1.54) is 5.56 Å². The van der Waals surface area contributed by atoms with Gasteiger partial charge in [-0.1, -0.05) is 37.6 Å². The minimum atomic E-state index is -0.228. The molecule has 0 saturated carbocycles. The van der Waals surface area contributed by atoms with E-state index in [9.17, 15) is 4.79 Å². The van der Waals surface area contributed by atoms with Gasteiger partial charge in [-0.25, -0.2) is 4.98 Å². The molecule has 0 bridgehead atoms. The van der Waals surface area contributed by atoms with Crippen molar-refractivity contribution in [1.82, 2.24) is 9.97 Å². The van der Waals surface area contributed by atoms with Crippen LogP contribution in [0.15, 0.2) is 65.2 Å². The molecule has 28 heavy (non-hydrogen) atoms. The van der Waals surface area contributed by atoms with Gasteiger partial charge < -0.3 is 9.73 Å². The Morgan fingerprint density at radius 1 is 1.11 bits per heavy atom. The third-order valence-electron chi connectivity index (χ3n) is 4.47. The lowest BCUT2D eigenvalue weighted by molar-refractivity contribution is 0.102. The minimum Gasteiger partial charge on any atom is -0.434 e. The molecular formula is C22H18ClN3O2. The van der Waals surface area contributed by atoms with Crippen LogP contribution in [0.2, 0.25) is 5.02 Å². The lowest BCUT2D eigenvalue weighted by Crippen LogP contribution is -2.12. The molecule has 0 aliphatic carbocycles. The van der Waals surface area contributed by atoms with Crippen molar-refractivity contribution in [3.05, 3.63) is 76.9 Å². The molecule has 0 atom stereocenters.